The molecule has 0 bridgehead atoms. The Balaban J connectivity index is 0.000000213. The molecule has 0 saturated carbocycles. The Hall–Kier alpha value is -5.37. The third kappa shape index (κ3) is 12.3. The van der Waals surface area contributed by atoms with Gasteiger partial charge in [0.15, 0.2) is 0 Å². The summed E-state index contributed by atoms with van der Waals surface area (Å²) in [6.07, 6.45) is 0. The molecule has 0 fully saturated rings. The molecule has 0 radical (unpaired) electrons. The normalized spacial score (nSPS) is 10.0. The highest BCUT2D eigenvalue weighted by Crippen LogP contribution is 2.41. The van der Waals surface area contributed by atoms with Crippen LogP contribution in [0.4, 0.5) is 50.2 Å². The Kier molecular flexibility index (Phi) is 16.2. The number of para-hydroxylation sites is 6. The van der Waals surface area contributed by atoms with Crippen LogP contribution in [0.3, 0.4) is 0 Å². The third-order valence-electron chi connectivity index (χ3n) is 8.10. The summed E-state index contributed by atoms with van der Waals surface area (Å²) in [6.45, 7) is 0. The summed E-state index contributed by atoms with van der Waals surface area (Å²) in [5, 5.41) is 4.71. The molecule has 0 aliphatic carbocycles. The van der Waals surface area contributed by atoms with E-state index in [1.54, 1.807) is 0 Å². The number of anilines is 8. The average molecular weight is 907 g/mol. The van der Waals surface area contributed by atoms with Crippen molar-refractivity contribution in [3.8, 4) is 0 Å². The van der Waals surface area contributed by atoms with Crippen LogP contribution in [0.25, 0.3) is 0 Å². The second-order valence-electron chi connectivity index (χ2n) is 12.1. The largest absolute Gasteiger partial charge is 0.356 e. The van der Waals surface area contributed by atoms with Gasteiger partial charge < -0.3 is 15.1 Å². The minimum atomic E-state index is 0. The summed E-state index contributed by atoms with van der Waals surface area (Å²) in [5.41, 5.74) is 8.51. The Morgan fingerprint density at radius 1 is 0.321 bits per heavy atom. The first-order chi connectivity index (χ1) is 26.9. The lowest BCUT2D eigenvalue weighted by molar-refractivity contribution is 1.11. The Bertz CT molecular complexity index is 2070. The van der Waals surface area contributed by atoms with Gasteiger partial charge in [0.2, 0.25) is 0 Å². The molecule has 0 spiro atoms. The van der Waals surface area contributed by atoms with E-state index < -0.39 is 0 Å². The molecule has 8 aromatic rings. The number of nitrogens with one attached hydrogen (secondary N) is 1. The van der Waals surface area contributed by atoms with Crippen molar-refractivity contribution < 1.29 is 4.70 Å². The van der Waals surface area contributed by atoms with Crippen LogP contribution in [-0.2, 0) is 0 Å². The van der Waals surface area contributed by atoms with Gasteiger partial charge in [-0.2, -0.15) is 0 Å². The van der Waals surface area contributed by atoms with Gasteiger partial charge >= 0.3 is 0 Å². The quantitative estimate of drug-likeness (QED) is 0.164. The zero-order valence-corrected chi connectivity index (χ0v) is 34.8. The van der Waals surface area contributed by atoms with E-state index in [0.29, 0.717) is 5.02 Å². The molecule has 1 N–H and O–H groups in total. The van der Waals surface area contributed by atoms with Gasteiger partial charge in [0.25, 0.3) is 0 Å². The minimum absolute atomic E-state index is 0. The van der Waals surface area contributed by atoms with E-state index in [2.05, 4.69) is 150 Å². The third-order valence-corrected chi connectivity index (χ3v) is 9.46. The van der Waals surface area contributed by atoms with Gasteiger partial charge in [-0.15, -0.1) is 0 Å². The first kappa shape index (κ1) is 41.8. The lowest BCUT2D eigenvalue weighted by Gasteiger charge is -2.29. The molecule has 0 heterocycles. The lowest BCUT2D eigenvalue weighted by atomic mass is 10.1. The summed E-state index contributed by atoms with van der Waals surface area (Å²) in [4.78, 5) is 4.45. The van der Waals surface area contributed by atoms with Gasteiger partial charge in [0.05, 0.1) is 0 Å². The fraction of sp³-hybridized carbons (Fsp3) is 0. The van der Waals surface area contributed by atoms with E-state index in [1.165, 1.54) is 0 Å². The highest BCUT2D eigenvalue weighted by Gasteiger charge is 2.18. The highest BCUT2D eigenvalue weighted by molar-refractivity contribution is 9.11. The smallest absolute Gasteiger partial charge is 0.0497 e. The van der Waals surface area contributed by atoms with Crippen molar-refractivity contribution in [2.75, 3.05) is 15.1 Å². The van der Waals surface area contributed by atoms with Crippen LogP contribution in [0, 0.1) is 0 Å². The zero-order chi connectivity index (χ0) is 38.2. The van der Waals surface area contributed by atoms with Crippen LogP contribution in [0.2, 0.25) is 10.0 Å². The Morgan fingerprint density at radius 3 is 0.875 bits per heavy atom. The summed E-state index contributed by atoms with van der Waals surface area (Å²) in [5.74, 6) is 0. The first-order valence-electron chi connectivity index (χ1n) is 17.5. The molecule has 0 aliphatic rings. The van der Waals surface area contributed by atoms with Gasteiger partial charge in [-0.3, -0.25) is 4.70 Å². The number of rotatable bonds is 8. The predicted octanol–water partition coefficient (Wildman–Crippen LogP) is 16.7. The van der Waals surface area contributed by atoms with E-state index in [4.69, 9.17) is 23.2 Å². The SMILES string of the molecule is Clc1cc(Br)cc(Br)c1.Clc1cc(N(c2ccccc2)c2ccccc2)cc(N(c2ccccc2)c2ccccc2)c1.F.c1ccc(Nc2ccccc2)cc1. The monoisotopic (exact) mass is 903 g/mol. The van der Waals surface area contributed by atoms with Crippen LogP contribution in [0.1, 0.15) is 0 Å². The maximum Gasteiger partial charge on any atom is 0.0497 e. The van der Waals surface area contributed by atoms with Crippen molar-refractivity contribution in [3.05, 3.63) is 237 Å². The predicted molar refractivity (Wildman–Crippen MR) is 246 cm³/mol. The fourth-order valence-corrected chi connectivity index (χ4v) is 7.77. The van der Waals surface area contributed by atoms with Crippen LogP contribution < -0.4 is 15.1 Å². The van der Waals surface area contributed by atoms with Crippen molar-refractivity contribution >= 4 is 101 Å². The topological polar surface area (TPSA) is 18.5 Å². The number of halogens is 5. The van der Waals surface area contributed by atoms with Crippen molar-refractivity contribution in [1.82, 2.24) is 0 Å². The first-order valence-corrected chi connectivity index (χ1v) is 19.9. The van der Waals surface area contributed by atoms with Gasteiger partial charge in [-0.1, -0.05) is 164 Å². The van der Waals surface area contributed by atoms with Crippen molar-refractivity contribution in [1.29, 1.82) is 0 Å². The molecule has 0 aliphatic heterocycles. The second kappa shape index (κ2) is 21.6. The number of hydrogen-bond acceptors (Lipinski definition) is 3. The maximum absolute atomic E-state index is 6.73. The van der Waals surface area contributed by atoms with Crippen LogP contribution in [0.15, 0.2) is 227 Å². The van der Waals surface area contributed by atoms with Crippen LogP contribution in [-0.4, -0.2) is 0 Å². The van der Waals surface area contributed by atoms with Gasteiger partial charge in [0, 0.05) is 64.5 Å². The second-order valence-corrected chi connectivity index (χ2v) is 14.8. The van der Waals surface area contributed by atoms with Crippen LogP contribution >= 0.6 is 55.1 Å². The lowest BCUT2D eigenvalue weighted by Crippen LogP contribution is -2.13. The van der Waals surface area contributed by atoms with Crippen LogP contribution in [0.5, 0.6) is 0 Å². The molecular weight excluding hydrogens is 868 g/mol. The molecule has 0 saturated heterocycles. The average Bonchev–Trinajstić information content (AvgIpc) is 3.20. The molecule has 0 aromatic heterocycles. The molecule has 8 heteroatoms. The zero-order valence-electron chi connectivity index (χ0n) is 30.1. The highest BCUT2D eigenvalue weighted by atomic mass is 79.9. The molecule has 0 atom stereocenters. The Morgan fingerprint density at radius 2 is 0.589 bits per heavy atom. The van der Waals surface area contributed by atoms with E-state index in [9.17, 15) is 0 Å². The van der Waals surface area contributed by atoms with Crippen molar-refractivity contribution in [2.24, 2.45) is 0 Å². The number of nitrogens with zero attached hydrogens (tertiary/aromatic N) is 2. The van der Waals surface area contributed by atoms with Crippen molar-refractivity contribution in [3.63, 3.8) is 0 Å². The molecule has 56 heavy (non-hydrogen) atoms. The fourth-order valence-electron chi connectivity index (χ4n) is 5.75. The van der Waals surface area contributed by atoms with E-state index in [0.717, 1.165) is 59.5 Å². The van der Waals surface area contributed by atoms with Gasteiger partial charge in [0.1, 0.15) is 0 Å². The van der Waals surface area contributed by atoms with Gasteiger partial charge in [-0.05, 0) is 109 Å². The molecule has 280 valence electrons. The van der Waals surface area contributed by atoms with E-state index >= 15 is 0 Å². The molecular formula is C48H38Br2Cl2FN3. The summed E-state index contributed by atoms with van der Waals surface area (Å²) < 4.78 is 1.98. The molecule has 8 rings (SSSR count). The summed E-state index contributed by atoms with van der Waals surface area (Å²) >= 11 is 19.0. The molecule has 0 unspecified atom stereocenters. The molecule has 8 aromatic carbocycles. The summed E-state index contributed by atoms with van der Waals surface area (Å²) in [6, 6.07) is 73.5. The molecule has 0 amide bonds. The van der Waals surface area contributed by atoms with Gasteiger partial charge in [-0.25, -0.2) is 0 Å². The number of hydrogen-bond donors (Lipinski definition) is 1. The minimum Gasteiger partial charge on any atom is -0.356 e. The summed E-state index contributed by atoms with van der Waals surface area (Å²) in [7, 11) is 0. The number of benzene rings is 8. The van der Waals surface area contributed by atoms with E-state index in [1.807, 2.05) is 115 Å². The van der Waals surface area contributed by atoms with Crippen molar-refractivity contribution in [2.45, 2.75) is 0 Å². The molecule has 3 nitrogen and oxygen atoms in total. The maximum atomic E-state index is 6.73. The standard InChI is InChI=1S/C30H23ClN2.C12H11N.C6H3Br2Cl.FH/c31-24-21-29(32(25-13-5-1-6-14-25)26-15-7-2-8-16-26)23-30(22-24)33(27-17-9-3-10-18-27)28-19-11-4-12-20-28;1-3-7-11(8-4-1)13-12-9-5-2-6-10-12;7-4-1-5(8)3-6(9)2-4;/h1-23H;1-10,13H;1-3H;1H. The Labute approximate surface area is 355 Å². The van der Waals surface area contributed by atoms with E-state index in [-0.39, 0.29) is 4.70 Å².